The molecule has 0 spiro atoms. The van der Waals surface area contributed by atoms with Gasteiger partial charge >= 0.3 is 0 Å². The summed E-state index contributed by atoms with van der Waals surface area (Å²) in [6.07, 6.45) is 5.24. The molecule has 0 saturated heterocycles. The highest BCUT2D eigenvalue weighted by Crippen LogP contribution is 2.34. The third-order valence-electron chi connectivity index (χ3n) is 5.06. The van der Waals surface area contributed by atoms with Crippen molar-refractivity contribution in [3.05, 3.63) is 113 Å². The molecule has 4 aromatic rings. The quantitative estimate of drug-likeness (QED) is 0.381. The third-order valence-corrected chi connectivity index (χ3v) is 6.09. The first kappa shape index (κ1) is 23.6. The normalized spacial score (nSPS) is 14.6. The first-order chi connectivity index (χ1) is 14.7. The number of nitrogens with zero attached hydrogens (tertiary/aromatic N) is 2. The van der Waals surface area contributed by atoms with E-state index in [1.54, 1.807) is 41.4 Å². The fourth-order valence-electron chi connectivity index (χ4n) is 3.57. The van der Waals surface area contributed by atoms with Crippen LogP contribution in [0.1, 0.15) is 31.7 Å². The molecule has 0 saturated carbocycles. The predicted molar refractivity (Wildman–Crippen MR) is 133 cm³/mol. The Balaban J connectivity index is 0.00000144. The Labute approximate surface area is 201 Å². The highest BCUT2D eigenvalue weighted by atomic mass is 35.5. The standard InChI is InChI=1S/C24H17N3O2S.2ClH/c28-22(16-6-2-1-3-7-16)19-9-4-10-21-18(19)11-13-27(21)24(29)20-15-30-23(26-20)17-8-5-12-25-14-17;;/h1-15,23,26H;2*1H. The van der Waals surface area contributed by atoms with Gasteiger partial charge in [-0.2, -0.15) is 0 Å². The molecule has 8 heteroatoms. The van der Waals surface area contributed by atoms with Crippen molar-refractivity contribution in [2.45, 2.75) is 5.37 Å². The van der Waals surface area contributed by atoms with Gasteiger partial charge in [-0.15, -0.1) is 36.6 Å². The number of hydrogen-bond donors (Lipinski definition) is 1. The van der Waals surface area contributed by atoms with Gasteiger partial charge in [-0.05, 0) is 18.2 Å². The number of carbonyl (C=O) groups is 2. The summed E-state index contributed by atoms with van der Waals surface area (Å²) in [6, 6.07) is 20.3. The van der Waals surface area contributed by atoms with E-state index < -0.39 is 0 Å². The minimum atomic E-state index is -0.159. The van der Waals surface area contributed by atoms with Crippen LogP contribution in [0.15, 0.2) is 96.4 Å². The van der Waals surface area contributed by atoms with Crippen molar-refractivity contribution in [3.63, 3.8) is 0 Å². The van der Waals surface area contributed by atoms with Gasteiger partial charge in [-0.1, -0.05) is 48.5 Å². The van der Waals surface area contributed by atoms with E-state index in [0.717, 1.165) is 10.9 Å². The van der Waals surface area contributed by atoms with Gasteiger partial charge in [0.1, 0.15) is 11.1 Å². The molecule has 2 aromatic heterocycles. The summed E-state index contributed by atoms with van der Waals surface area (Å²) in [5.74, 6) is -0.218. The van der Waals surface area contributed by atoms with Crippen molar-refractivity contribution >= 4 is 59.2 Å². The van der Waals surface area contributed by atoms with Crippen molar-refractivity contribution in [2.24, 2.45) is 0 Å². The van der Waals surface area contributed by atoms with Crippen LogP contribution in [0.4, 0.5) is 0 Å². The molecule has 162 valence electrons. The minimum Gasteiger partial charge on any atom is -0.364 e. The van der Waals surface area contributed by atoms with Crippen LogP contribution in [0.5, 0.6) is 0 Å². The summed E-state index contributed by atoms with van der Waals surface area (Å²) in [7, 11) is 0. The molecule has 1 atom stereocenters. The van der Waals surface area contributed by atoms with E-state index in [4.69, 9.17) is 0 Å². The Kier molecular flexibility index (Phi) is 7.40. The molecule has 1 N–H and O–H groups in total. The molecule has 3 heterocycles. The number of carbonyl (C=O) groups excluding carboxylic acids is 2. The second-order valence-corrected chi connectivity index (χ2v) is 7.88. The van der Waals surface area contributed by atoms with Crippen LogP contribution in [0.3, 0.4) is 0 Å². The van der Waals surface area contributed by atoms with Gasteiger partial charge in [-0.3, -0.25) is 19.1 Å². The second kappa shape index (κ2) is 10.0. The Hall–Kier alpha value is -3.06. The zero-order chi connectivity index (χ0) is 20.5. The number of benzene rings is 2. The third kappa shape index (κ3) is 4.30. The van der Waals surface area contributed by atoms with Crippen molar-refractivity contribution in [1.29, 1.82) is 0 Å². The maximum absolute atomic E-state index is 13.2. The summed E-state index contributed by atoms with van der Waals surface area (Å²) >= 11 is 1.54. The maximum atomic E-state index is 13.2. The molecule has 5 rings (SSSR count). The molecular formula is C24H19Cl2N3O2S. The zero-order valence-electron chi connectivity index (χ0n) is 16.7. The van der Waals surface area contributed by atoms with E-state index in [2.05, 4.69) is 10.3 Å². The summed E-state index contributed by atoms with van der Waals surface area (Å²) < 4.78 is 1.59. The van der Waals surface area contributed by atoms with Gasteiger partial charge in [0.05, 0.1) is 5.52 Å². The lowest BCUT2D eigenvalue weighted by Gasteiger charge is -2.13. The fourth-order valence-corrected chi connectivity index (χ4v) is 4.50. The molecule has 2 aromatic carbocycles. The number of rotatable bonds is 4. The van der Waals surface area contributed by atoms with Gasteiger partial charge in [0, 0.05) is 46.1 Å². The van der Waals surface area contributed by atoms with Crippen molar-refractivity contribution < 1.29 is 9.59 Å². The number of hydrogen-bond acceptors (Lipinski definition) is 5. The fraction of sp³-hybridized carbons (Fsp3) is 0.0417. The van der Waals surface area contributed by atoms with Gasteiger partial charge < -0.3 is 5.32 Å². The number of thioether (sulfide) groups is 1. The Morgan fingerprint density at radius 1 is 0.938 bits per heavy atom. The van der Waals surface area contributed by atoms with E-state index in [0.29, 0.717) is 22.3 Å². The lowest BCUT2D eigenvalue weighted by Crippen LogP contribution is -2.23. The lowest BCUT2D eigenvalue weighted by atomic mass is 10.0. The lowest BCUT2D eigenvalue weighted by molar-refractivity contribution is 0.0951. The van der Waals surface area contributed by atoms with Crippen LogP contribution in [-0.4, -0.2) is 21.2 Å². The van der Waals surface area contributed by atoms with Crippen LogP contribution in [0, 0.1) is 0 Å². The van der Waals surface area contributed by atoms with Crippen molar-refractivity contribution in [2.75, 3.05) is 0 Å². The highest BCUT2D eigenvalue weighted by Gasteiger charge is 2.25. The van der Waals surface area contributed by atoms with Crippen LogP contribution in [0.25, 0.3) is 10.9 Å². The Morgan fingerprint density at radius 3 is 2.50 bits per heavy atom. The van der Waals surface area contributed by atoms with Gasteiger partial charge in [0.15, 0.2) is 5.78 Å². The van der Waals surface area contributed by atoms with Gasteiger partial charge in [0.25, 0.3) is 5.91 Å². The molecule has 32 heavy (non-hydrogen) atoms. The van der Waals surface area contributed by atoms with E-state index in [1.807, 2.05) is 53.9 Å². The number of nitrogens with one attached hydrogen (secondary N) is 1. The minimum absolute atomic E-state index is 0. The number of pyridine rings is 1. The monoisotopic (exact) mass is 483 g/mol. The smallest absolute Gasteiger partial charge is 0.279 e. The average Bonchev–Trinajstić information content (AvgIpc) is 3.47. The molecule has 0 fully saturated rings. The molecule has 1 unspecified atom stereocenters. The largest absolute Gasteiger partial charge is 0.364 e. The second-order valence-electron chi connectivity index (χ2n) is 6.90. The molecule has 1 aliphatic heterocycles. The van der Waals surface area contributed by atoms with E-state index in [9.17, 15) is 9.59 Å². The van der Waals surface area contributed by atoms with E-state index in [1.165, 1.54) is 11.8 Å². The first-order valence-corrected chi connectivity index (χ1v) is 10.4. The summed E-state index contributed by atoms with van der Waals surface area (Å²) in [5, 5.41) is 5.82. The van der Waals surface area contributed by atoms with Crippen molar-refractivity contribution in [3.8, 4) is 0 Å². The Bertz CT molecular complexity index is 1290. The van der Waals surface area contributed by atoms with Gasteiger partial charge in [-0.25, -0.2) is 0 Å². The number of ketones is 1. The average molecular weight is 484 g/mol. The van der Waals surface area contributed by atoms with E-state index >= 15 is 0 Å². The molecule has 0 amide bonds. The zero-order valence-corrected chi connectivity index (χ0v) is 19.1. The van der Waals surface area contributed by atoms with Crippen LogP contribution >= 0.6 is 36.6 Å². The predicted octanol–water partition coefficient (Wildman–Crippen LogP) is 5.63. The number of aromatic nitrogens is 2. The first-order valence-electron chi connectivity index (χ1n) is 9.49. The van der Waals surface area contributed by atoms with E-state index in [-0.39, 0.29) is 41.9 Å². The number of allylic oxidation sites excluding steroid dienone is 1. The van der Waals surface area contributed by atoms with Crippen LogP contribution in [0.2, 0.25) is 0 Å². The van der Waals surface area contributed by atoms with Crippen molar-refractivity contribution in [1.82, 2.24) is 14.9 Å². The molecular weight excluding hydrogens is 465 g/mol. The number of fused-ring (bicyclic) bond motifs is 1. The molecule has 5 nitrogen and oxygen atoms in total. The van der Waals surface area contributed by atoms with Gasteiger partial charge in [0.2, 0.25) is 0 Å². The maximum Gasteiger partial charge on any atom is 0.279 e. The molecule has 0 aliphatic carbocycles. The highest BCUT2D eigenvalue weighted by molar-refractivity contribution is 8.02. The Morgan fingerprint density at radius 2 is 1.75 bits per heavy atom. The summed E-state index contributed by atoms with van der Waals surface area (Å²) in [4.78, 5) is 30.3. The summed E-state index contributed by atoms with van der Waals surface area (Å²) in [5.41, 5.74) is 3.45. The SMILES string of the molecule is Cl.Cl.O=C(c1ccccc1)c1cccc2c1ccn2C(=O)C1=CSC(c2cccnc2)N1. The van der Waals surface area contributed by atoms with Crippen LogP contribution < -0.4 is 5.32 Å². The molecule has 0 radical (unpaired) electrons. The molecule has 0 bridgehead atoms. The topological polar surface area (TPSA) is 64.0 Å². The van der Waals surface area contributed by atoms with Crippen LogP contribution in [-0.2, 0) is 0 Å². The molecule has 1 aliphatic rings. The summed E-state index contributed by atoms with van der Waals surface area (Å²) in [6.45, 7) is 0. The number of halogens is 2.